The molecule has 2 nitrogen and oxygen atoms in total. The van der Waals surface area contributed by atoms with Crippen molar-refractivity contribution in [1.29, 1.82) is 0 Å². The smallest absolute Gasteiger partial charge is 0.0547 e. The molecule has 0 saturated heterocycles. The first-order valence-electron chi connectivity index (χ1n) is 19.1. The molecule has 0 unspecified atom stereocenters. The van der Waals surface area contributed by atoms with Crippen LogP contribution in [0.15, 0.2) is 206 Å². The highest BCUT2D eigenvalue weighted by Gasteiger charge is 2.35. The van der Waals surface area contributed by atoms with Crippen LogP contribution in [-0.2, 0) is 5.41 Å². The fourth-order valence-electron chi connectivity index (χ4n) is 8.77. The van der Waals surface area contributed by atoms with Crippen LogP contribution in [0.5, 0.6) is 0 Å². The third-order valence-corrected chi connectivity index (χ3v) is 11.4. The van der Waals surface area contributed by atoms with Crippen molar-refractivity contribution in [2.24, 2.45) is 0 Å². The van der Waals surface area contributed by atoms with E-state index in [-0.39, 0.29) is 5.41 Å². The van der Waals surface area contributed by atoms with Gasteiger partial charge in [-0.25, -0.2) is 0 Å². The van der Waals surface area contributed by atoms with Crippen molar-refractivity contribution in [2.75, 3.05) is 9.80 Å². The van der Waals surface area contributed by atoms with E-state index in [1.807, 2.05) is 0 Å². The van der Waals surface area contributed by atoms with E-state index in [1.165, 1.54) is 54.9 Å². The van der Waals surface area contributed by atoms with Gasteiger partial charge in [-0.3, -0.25) is 0 Å². The average Bonchev–Trinajstić information content (AvgIpc) is 3.47. The predicted octanol–water partition coefficient (Wildman–Crippen LogP) is 14.9. The van der Waals surface area contributed by atoms with Crippen molar-refractivity contribution < 1.29 is 0 Å². The first-order valence-corrected chi connectivity index (χ1v) is 19.1. The lowest BCUT2D eigenvalue weighted by Crippen LogP contribution is -2.16. The topological polar surface area (TPSA) is 6.48 Å². The van der Waals surface area contributed by atoms with Crippen LogP contribution in [-0.4, -0.2) is 0 Å². The van der Waals surface area contributed by atoms with Crippen LogP contribution < -0.4 is 9.80 Å². The van der Waals surface area contributed by atoms with Gasteiger partial charge >= 0.3 is 0 Å². The lowest BCUT2D eigenvalue weighted by Gasteiger charge is -2.31. The van der Waals surface area contributed by atoms with Gasteiger partial charge in [-0.2, -0.15) is 0 Å². The monoisotopic (exact) mass is 704 g/mol. The van der Waals surface area contributed by atoms with Crippen LogP contribution in [0.2, 0.25) is 0 Å². The molecule has 2 heteroatoms. The Labute approximate surface area is 323 Å². The molecule has 0 radical (unpaired) electrons. The number of hydrogen-bond donors (Lipinski definition) is 0. The van der Waals surface area contributed by atoms with Gasteiger partial charge in [-0.15, -0.1) is 0 Å². The number of nitrogens with zero attached hydrogens (tertiary/aromatic N) is 2. The molecular formula is C53H40N2. The van der Waals surface area contributed by atoms with E-state index in [9.17, 15) is 0 Å². The maximum atomic E-state index is 2.45. The predicted molar refractivity (Wildman–Crippen MR) is 234 cm³/mol. The minimum absolute atomic E-state index is 0.109. The Morgan fingerprint density at radius 2 is 0.891 bits per heavy atom. The Hall–Kier alpha value is -6.90. The second kappa shape index (κ2) is 13.2. The summed E-state index contributed by atoms with van der Waals surface area (Å²) < 4.78 is 0. The summed E-state index contributed by atoms with van der Waals surface area (Å²) in [5.41, 5.74) is 14.4. The molecule has 1 aliphatic carbocycles. The highest BCUT2D eigenvalue weighted by Crippen LogP contribution is 2.51. The molecular weight excluding hydrogens is 665 g/mol. The molecule has 10 rings (SSSR count). The number of rotatable bonds is 7. The Bertz CT molecular complexity index is 2840. The number of fused-ring (bicyclic) bond motifs is 6. The zero-order chi connectivity index (χ0) is 36.9. The molecule has 0 aromatic heterocycles. The van der Waals surface area contributed by atoms with E-state index >= 15 is 0 Å². The van der Waals surface area contributed by atoms with Gasteiger partial charge in [0.2, 0.25) is 0 Å². The fourth-order valence-corrected chi connectivity index (χ4v) is 8.77. The summed E-state index contributed by atoms with van der Waals surface area (Å²) in [4.78, 5) is 4.87. The molecule has 9 aromatic carbocycles. The van der Waals surface area contributed by atoms with E-state index in [2.05, 4.69) is 230 Å². The molecule has 0 amide bonds. The maximum Gasteiger partial charge on any atom is 0.0547 e. The van der Waals surface area contributed by atoms with Crippen LogP contribution in [0, 0.1) is 0 Å². The molecule has 0 saturated carbocycles. The van der Waals surface area contributed by atoms with E-state index in [4.69, 9.17) is 0 Å². The minimum Gasteiger partial charge on any atom is -0.310 e. The fraction of sp³-hybridized carbons (Fsp3) is 0.0566. The van der Waals surface area contributed by atoms with E-state index in [0.717, 1.165) is 34.1 Å². The first-order chi connectivity index (χ1) is 27.1. The second-order valence-electron chi connectivity index (χ2n) is 15.0. The lowest BCUT2D eigenvalue weighted by atomic mass is 9.82. The standard InChI is InChI=1S/C53H40N2/c1-53(2)49-28-16-14-27-46(49)47-33-31-42(36-50(47)53)54(39-21-8-4-9-22-39)41-30-32-45-43-25-13-12-20-38(43)34-52(48(45)35-41)55(40-23-10-5-11-24-40)51-29-17-15-26-44(51)37-18-6-3-7-19-37/h3-36H,1-2H3. The van der Waals surface area contributed by atoms with Crippen LogP contribution >= 0.6 is 0 Å². The lowest BCUT2D eigenvalue weighted by molar-refractivity contribution is 0.660. The van der Waals surface area contributed by atoms with Gasteiger partial charge in [0.25, 0.3) is 0 Å². The Morgan fingerprint density at radius 1 is 0.327 bits per heavy atom. The SMILES string of the molecule is CC1(C)c2ccccc2-c2ccc(N(c3ccccc3)c3ccc4c(c3)c(N(c3ccccc3)c3ccccc3-c3ccccc3)cc3ccccc34)cc21. The second-order valence-corrected chi connectivity index (χ2v) is 15.0. The summed E-state index contributed by atoms with van der Waals surface area (Å²) >= 11 is 0. The third kappa shape index (κ3) is 5.49. The third-order valence-electron chi connectivity index (χ3n) is 11.4. The summed E-state index contributed by atoms with van der Waals surface area (Å²) in [5, 5.41) is 4.84. The summed E-state index contributed by atoms with van der Waals surface area (Å²) in [6.45, 7) is 4.71. The number of hydrogen-bond acceptors (Lipinski definition) is 2. The van der Waals surface area contributed by atoms with Crippen molar-refractivity contribution >= 4 is 55.7 Å². The summed E-state index contributed by atoms with van der Waals surface area (Å²) in [5.74, 6) is 0. The van der Waals surface area contributed by atoms with Crippen molar-refractivity contribution in [3.63, 3.8) is 0 Å². The van der Waals surface area contributed by atoms with E-state index < -0.39 is 0 Å². The van der Waals surface area contributed by atoms with Gasteiger partial charge in [0.05, 0.1) is 11.4 Å². The van der Waals surface area contributed by atoms with Crippen LogP contribution in [0.3, 0.4) is 0 Å². The average molecular weight is 705 g/mol. The highest BCUT2D eigenvalue weighted by molar-refractivity contribution is 6.16. The zero-order valence-electron chi connectivity index (χ0n) is 31.0. The number of benzene rings is 9. The van der Waals surface area contributed by atoms with Gasteiger partial charge in [0.15, 0.2) is 0 Å². The molecule has 0 heterocycles. The summed E-state index contributed by atoms with van der Waals surface area (Å²) in [6, 6.07) is 75.1. The highest BCUT2D eigenvalue weighted by atomic mass is 15.2. The first kappa shape index (κ1) is 32.7. The van der Waals surface area contributed by atoms with E-state index in [0.29, 0.717) is 0 Å². The van der Waals surface area contributed by atoms with Crippen molar-refractivity contribution in [3.05, 3.63) is 217 Å². The van der Waals surface area contributed by atoms with Crippen molar-refractivity contribution in [3.8, 4) is 22.3 Å². The van der Waals surface area contributed by atoms with Gasteiger partial charge in [0.1, 0.15) is 0 Å². The minimum atomic E-state index is -0.109. The van der Waals surface area contributed by atoms with Crippen LogP contribution in [0.25, 0.3) is 43.8 Å². The Kier molecular flexibility index (Phi) is 7.85. The molecule has 9 aromatic rings. The molecule has 0 N–H and O–H groups in total. The Balaban J connectivity index is 1.23. The molecule has 1 aliphatic rings. The van der Waals surface area contributed by atoms with Crippen molar-refractivity contribution in [2.45, 2.75) is 19.3 Å². The number of para-hydroxylation sites is 3. The maximum absolute atomic E-state index is 2.45. The normalized spacial score (nSPS) is 12.7. The largest absolute Gasteiger partial charge is 0.310 e. The molecule has 0 spiro atoms. The van der Waals surface area contributed by atoms with E-state index in [1.54, 1.807) is 0 Å². The Morgan fingerprint density at radius 3 is 1.65 bits per heavy atom. The molecule has 262 valence electrons. The molecule has 0 bridgehead atoms. The molecule has 55 heavy (non-hydrogen) atoms. The molecule has 0 fully saturated rings. The molecule has 0 atom stereocenters. The van der Waals surface area contributed by atoms with Gasteiger partial charge in [-0.1, -0.05) is 159 Å². The summed E-state index contributed by atoms with van der Waals surface area (Å²) in [6.07, 6.45) is 0. The number of anilines is 6. The van der Waals surface area contributed by atoms with Gasteiger partial charge in [-0.05, 0) is 105 Å². The van der Waals surface area contributed by atoms with Crippen LogP contribution in [0.1, 0.15) is 25.0 Å². The molecule has 0 aliphatic heterocycles. The van der Waals surface area contributed by atoms with Gasteiger partial charge in [0, 0.05) is 39.1 Å². The summed E-state index contributed by atoms with van der Waals surface area (Å²) in [7, 11) is 0. The quantitative estimate of drug-likeness (QED) is 0.152. The van der Waals surface area contributed by atoms with Crippen LogP contribution in [0.4, 0.5) is 34.1 Å². The van der Waals surface area contributed by atoms with Gasteiger partial charge < -0.3 is 9.80 Å². The van der Waals surface area contributed by atoms with Crippen molar-refractivity contribution in [1.82, 2.24) is 0 Å². The zero-order valence-corrected chi connectivity index (χ0v) is 31.0.